The average Bonchev–Trinajstić information content (AvgIpc) is 2.94. The lowest BCUT2D eigenvalue weighted by Gasteiger charge is -2.20. The predicted octanol–water partition coefficient (Wildman–Crippen LogP) is 3.61. The molecule has 1 fully saturated rings. The molecule has 6 heteroatoms. The smallest absolute Gasteiger partial charge is 0.232 e. The number of likely N-dealkylation sites (tertiary alicyclic amines) is 1. The maximum Gasteiger partial charge on any atom is 0.232 e. The summed E-state index contributed by atoms with van der Waals surface area (Å²) < 4.78 is 5.24. The van der Waals surface area contributed by atoms with E-state index in [-0.39, 0.29) is 5.91 Å². The third-order valence-corrected chi connectivity index (χ3v) is 5.38. The van der Waals surface area contributed by atoms with E-state index < -0.39 is 0 Å². The lowest BCUT2D eigenvalue weighted by atomic mass is 10.1. The van der Waals surface area contributed by atoms with E-state index in [4.69, 9.17) is 4.74 Å². The van der Waals surface area contributed by atoms with Crippen LogP contribution in [0.3, 0.4) is 0 Å². The summed E-state index contributed by atoms with van der Waals surface area (Å²) in [7, 11) is 1.61. The summed E-state index contributed by atoms with van der Waals surface area (Å²) in [5, 5.41) is 10.9. The number of hydrogen-bond donors (Lipinski definition) is 0. The van der Waals surface area contributed by atoms with E-state index in [1.165, 1.54) is 24.6 Å². The second kappa shape index (κ2) is 8.21. The minimum absolute atomic E-state index is 0.128. The van der Waals surface area contributed by atoms with Gasteiger partial charge in [-0.2, -0.15) is 5.26 Å². The maximum absolute atomic E-state index is 12.5. The fourth-order valence-electron chi connectivity index (χ4n) is 2.99. The Balaban J connectivity index is 1.77. The van der Waals surface area contributed by atoms with Crippen molar-refractivity contribution in [1.82, 2.24) is 9.88 Å². The van der Waals surface area contributed by atoms with E-state index in [0.717, 1.165) is 42.6 Å². The van der Waals surface area contributed by atoms with E-state index in [2.05, 4.69) is 11.1 Å². The molecule has 0 saturated carbocycles. The summed E-state index contributed by atoms with van der Waals surface area (Å²) in [6, 6.07) is 9.59. The Bertz CT molecular complexity index is 808. The van der Waals surface area contributed by atoms with E-state index in [9.17, 15) is 10.1 Å². The fraction of sp³-hybridized carbons (Fsp3) is 0.421. The number of amides is 1. The molecule has 1 aliphatic rings. The van der Waals surface area contributed by atoms with Gasteiger partial charge >= 0.3 is 0 Å². The third kappa shape index (κ3) is 4.23. The van der Waals surface area contributed by atoms with Gasteiger partial charge in [-0.3, -0.25) is 4.79 Å². The Morgan fingerprint density at radius 2 is 2.04 bits per heavy atom. The Kier molecular flexibility index (Phi) is 5.77. The maximum atomic E-state index is 12.5. The van der Waals surface area contributed by atoms with Crippen LogP contribution in [0, 0.1) is 11.3 Å². The van der Waals surface area contributed by atoms with Gasteiger partial charge in [0.05, 0.1) is 23.9 Å². The first-order valence-corrected chi connectivity index (χ1v) is 9.49. The SMILES string of the molecule is COc1ccc2cc(C#N)c(SCC(=O)N3CCCCCC3)nc2c1. The topological polar surface area (TPSA) is 66.2 Å². The number of fused-ring (bicyclic) bond motifs is 1. The molecule has 130 valence electrons. The normalized spacial score (nSPS) is 14.8. The Labute approximate surface area is 152 Å². The van der Waals surface area contributed by atoms with Crippen LogP contribution in [0.15, 0.2) is 29.3 Å². The molecular weight excluding hydrogens is 334 g/mol. The summed E-state index contributed by atoms with van der Waals surface area (Å²) in [5.41, 5.74) is 1.27. The summed E-state index contributed by atoms with van der Waals surface area (Å²) in [6.07, 6.45) is 4.55. The summed E-state index contributed by atoms with van der Waals surface area (Å²) in [4.78, 5) is 19.0. The predicted molar refractivity (Wildman–Crippen MR) is 98.8 cm³/mol. The van der Waals surface area contributed by atoms with Crippen LogP contribution in [-0.2, 0) is 4.79 Å². The monoisotopic (exact) mass is 355 g/mol. The van der Waals surface area contributed by atoms with Gasteiger partial charge in [0.1, 0.15) is 16.8 Å². The van der Waals surface area contributed by atoms with Gasteiger partial charge in [-0.25, -0.2) is 4.98 Å². The number of thioether (sulfide) groups is 1. The van der Waals surface area contributed by atoms with Crippen molar-refractivity contribution in [1.29, 1.82) is 5.26 Å². The molecule has 0 N–H and O–H groups in total. The number of nitrogens with zero attached hydrogens (tertiary/aromatic N) is 3. The molecular formula is C19H21N3O2S. The van der Waals surface area contributed by atoms with Crippen LogP contribution in [0.25, 0.3) is 10.9 Å². The fourth-order valence-corrected chi connectivity index (χ4v) is 3.85. The zero-order chi connectivity index (χ0) is 17.6. The number of nitriles is 1. The molecule has 1 aromatic carbocycles. The molecule has 1 aliphatic heterocycles. The summed E-state index contributed by atoms with van der Waals surface area (Å²) in [6.45, 7) is 1.68. The van der Waals surface area contributed by atoms with Crippen LogP contribution < -0.4 is 4.74 Å². The number of methoxy groups -OCH3 is 1. The van der Waals surface area contributed by atoms with Gasteiger partial charge in [0.2, 0.25) is 5.91 Å². The molecule has 0 aliphatic carbocycles. The number of rotatable bonds is 4. The Hall–Kier alpha value is -2.26. The quantitative estimate of drug-likeness (QED) is 0.784. The Morgan fingerprint density at radius 1 is 1.28 bits per heavy atom. The molecule has 25 heavy (non-hydrogen) atoms. The van der Waals surface area contributed by atoms with Crippen molar-refractivity contribution in [2.24, 2.45) is 0 Å². The lowest BCUT2D eigenvalue weighted by Crippen LogP contribution is -2.33. The minimum Gasteiger partial charge on any atom is -0.497 e. The van der Waals surface area contributed by atoms with Gasteiger partial charge in [-0.1, -0.05) is 24.6 Å². The first-order valence-electron chi connectivity index (χ1n) is 8.51. The number of aromatic nitrogens is 1. The molecule has 0 spiro atoms. The third-order valence-electron chi connectivity index (χ3n) is 4.40. The van der Waals surface area contributed by atoms with E-state index in [1.807, 2.05) is 29.2 Å². The van der Waals surface area contributed by atoms with Crippen molar-refractivity contribution in [2.75, 3.05) is 26.0 Å². The minimum atomic E-state index is 0.128. The van der Waals surface area contributed by atoms with Crippen LogP contribution >= 0.6 is 11.8 Å². The van der Waals surface area contributed by atoms with Crippen molar-refractivity contribution < 1.29 is 9.53 Å². The molecule has 2 aromatic rings. The second-order valence-electron chi connectivity index (χ2n) is 6.10. The molecule has 5 nitrogen and oxygen atoms in total. The van der Waals surface area contributed by atoms with Crippen molar-refractivity contribution in [3.05, 3.63) is 29.8 Å². The van der Waals surface area contributed by atoms with E-state index in [0.29, 0.717) is 16.3 Å². The molecule has 2 heterocycles. The largest absolute Gasteiger partial charge is 0.497 e. The van der Waals surface area contributed by atoms with Crippen molar-refractivity contribution in [2.45, 2.75) is 30.7 Å². The molecule has 3 rings (SSSR count). The van der Waals surface area contributed by atoms with Gasteiger partial charge in [-0.05, 0) is 31.0 Å². The van der Waals surface area contributed by atoms with Crippen molar-refractivity contribution in [3.8, 4) is 11.8 Å². The lowest BCUT2D eigenvalue weighted by molar-refractivity contribution is -0.128. The number of hydrogen-bond acceptors (Lipinski definition) is 5. The van der Waals surface area contributed by atoms with Crippen molar-refractivity contribution in [3.63, 3.8) is 0 Å². The first-order chi connectivity index (χ1) is 12.2. The van der Waals surface area contributed by atoms with Gasteiger partial charge in [0.15, 0.2) is 0 Å². The van der Waals surface area contributed by atoms with Crippen LogP contribution in [-0.4, -0.2) is 41.7 Å². The zero-order valence-corrected chi connectivity index (χ0v) is 15.1. The number of carbonyl (C=O) groups excluding carboxylic acids is 1. The molecule has 0 atom stereocenters. The molecule has 1 saturated heterocycles. The Morgan fingerprint density at radius 3 is 2.72 bits per heavy atom. The number of pyridine rings is 1. The highest BCUT2D eigenvalue weighted by Gasteiger charge is 2.17. The van der Waals surface area contributed by atoms with Gasteiger partial charge < -0.3 is 9.64 Å². The second-order valence-corrected chi connectivity index (χ2v) is 7.06. The van der Waals surface area contributed by atoms with E-state index in [1.54, 1.807) is 7.11 Å². The van der Waals surface area contributed by atoms with Crippen LogP contribution in [0.4, 0.5) is 0 Å². The number of carbonyl (C=O) groups is 1. The molecule has 0 unspecified atom stereocenters. The first kappa shape index (κ1) is 17.6. The van der Waals surface area contributed by atoms with Gasteiger partial charge in [0, 0.05) is 24.5 Å². The van der Waals surface area contributed by atoms with Crippen LogP contribution in [0.1, 0.15) is 31.2 Å². The van der Waals surface area contributed by atoms with Crippen LogP contribution in [0.2, 0.25) is 0 Å². The van der Waals surface area contributed by atoms with Crippen LogP contribution in [0.5, 0.6) is 5.75 Å². The number of ether oxygens (including phenoxy) is 1. The molecule has 0 bridgehead atoms. The summed E-state index contributed by atoms with van der Waals surface area (Å²) >= 11 is 1.34. The van der Waals surface area contributed by atoms with Gasteiger partial charge in [-0.15, -0.1) is 0 Å². The van der Waals surface area contributed by atoms with E-state index >= 15 is 0 Å². The standard InChI is InChI=1S/C19H21N3O2S/c1-24-16-7-6-14-10-15(12-20)19(21-17(14)11-16)25-13-18(23)22-8-4-2-3-5-9-22/h6-7,10-11H,2-5,8-9,13H2,1H3. The summed E-state index contributed by atoms with van der Waals surface area (Å²) in [5.74, 6) is 1.17. The average molecular weight is 355 g/mol. The number of benzene rings is 1. The highest BCUT2D eigenvalue weighted by Crippen LogP contribution is 2.27. The molecule has 1 aromatic heterocycles. The zero-order valence-electron chi connectivity index (χ0n) is 14.3. The molecule has 1 amide bonds. The highest BCUT2D eigenvalue weighted by molar-refractivity contribution is 8.00. The molecule has 0 radical (unpaired) electrons. The highest BCUT2D eigenvalue weighted by atomic mass is 32.2. The van der Waals surface area contributed by atoms with Gasteiger partial charge in [0.25, 0.3) is 0 Å². The van der Waals surface area contributed by atoms with Crippen molar-refractivity contribution >= 4 is 28.6 Å².